The SMILES string of the molecule is CCOc1cc(/C=C2/C(=N)N3N=C(c4ccc(C)cc4)SC3=NC2=O)ccc1OS(=O)(=O)c1ccccc1. The summed E-state index contributed by atoms with van der Waals surface area (Å²) in [6, 6.07) is 20.1. The van der Waals surface area contributed by atoms with E-state index in [0.29, 0.717) is 15.8 Å². The number of fused-ring (bicyclic) bond motifs is 1. The first-order valence-electron chi connectivity index (χ1n) is 11.6. The smallest absolute Gasteiger partial charge is 0.339 e. The van der Waals surface area contributed by atoms with Crippen LogP contribution in [-0.4, -0.2) is 42.0 Å². The van der Waals surface area contributed by atoms with E-state index in [4.69, 9.17) is 14.3 Å². The van der Waals surface area contributed by atoms with Crippen LogP contribution in [0.1, 0.15) is 23.6 Å². The number of nitrogens with one attached hydrogen (secondary N) is 1. The zero-order valence-corrected chi connectivity index (χ0v) is 22.0. The topological polar surface area (TPSA) is 121 Å². The third-order valence-electron chi connectivity index (χ3n) is 5.56. The van der Waals surface area contributed by atoms with Gasteiger partial charge in [0, 0.05) is 5.56 Å². The number of amidine groups is 2. The molecule has 0 aliphatic carbocycles. The fraction of sp³-hybridized carbons (Fsp3) is 0.111. The van der Waals surface area contributed by atoms with Crippen molar-refractivity contribution in [2.24, 2.45) is 10.1 Å². The quantitative estimate of drug-likeness (QED) is 0.333. The molecule has 0 spiro atoms. The van der Waals surface area contributed by atoms with Crippen LogP contribution in [0.5, 0.6) is 11.5 Å². The van der Waals surface area contributed by atoms with Crippen LogP contribution in [0.2, 0.25) is 0 Å². The Morgan fingerprint density at radius 2 is 1.76 bits per heavy atom. The Hall–Kier alpha value is -4.22. The van der Waals surface area contributed by atoms with Gasteiger partial charge in [-0.2, -0.15) is 23.5 Å². The molecule has 5 rings (SSSR count). The number of amides is 1. The molecule has 192 valence electrons. The van der Waals surface area contributed by atoms with Crippen LogP contribution in [0.25, 0.3) is 6.08 Å². The average molecular weight is 547 g/mol. The number of aliphatic imine (C=N–C) groups is 1. The van der Waals surface area contributed by atoms with Crippen LogP contribution in [-0.2, 0) is 14.9 Å². The molecule has 0 atom stereocenters. The van der Waals surface area contributed by atoms with Crippen molar-refractivity contribution >= 4 is 49.9 Å². The van der Waals surface area contributed by atoms with Gasteiger partial charge in [0.1, 0.15) is 9.94 Å². The Balaban J connectivity index is 1.43. The minimum Gasteiger partial charge on any atom is -0.490 e. The molecule has 0 fully saturated rings. The molecular formula is C27H22N4O5S2. The second-order valence-corrected chi connectivity index (χ2v) is 10.8. The van der Waals surface area contributed by atoms with Crippen LogP contribution in [0.4, 0.5) is 0 Å². The standard InChI is InChI=1S/C27H22N4O5S2/c1-3-35-23-16-18(11-14-22(23)36-38(33,34)20-7-5-4-6-8-20)15-21-24(28)31-27(29-25(21)32)37-26(30-31)19-12-9-17(2)10-13-19/h4-16,28H,3H2,1-2H3/b21-15-,28-24?. The van der Waals surface area contributed by atoms with Crippen molar-refractivity contribution in [3.63, 3.8) is 0 Å². The minimum atomic E-state index is -4.08. The summed E-state index contributed by atoms with van der Waals surface area (Å²) < 4.78 is 36.4. The van der Waals surface area contributed by atoms with Gasteiger partial charge in [-0.05, 0) is 61.5 Å². The zero-order valence-electron chi connectivity index (χ0n) is 20.4. The predicted molar refractivity (Wildman–Crippen MR) is 147 cm³/mol. The number of aryl methyl sites for hydroxylation is 1. The number of rotatable bonds is 7. The van der Waals surface area contributed by atoms with Gasteiger partial charge in [-0.3, -0.25) is 10.2 Å². The van der Waals surface area contributed by atoms with Gasteiger partial charge in [0.15, 0.2) is 17.3 Å². The van der Waals surface area contributed by atoms with Gasteiger partial charge in [-0.15, -0.1) is 0 Å². The summed E-state index contributed by atoms with van der Waals surface area (Å²) in [5.74, 6) is -0.498. The number of hydrogen-bond donors (Lipinski definition) is 1. The van der Waals surface area contributed by atoms with Gasteiger partial charge in [0.25, 0.3) is 5.91 Å². The molecule has 3 aromatic rings. The number of thioether (sulfide) groups is 1. The lowest BCUT2D eigenvalue weighted by atomic mass is 10.1. The summed E-state index contributed by atoms with van der Waals surface area (Å²) in [6.07, 6.45) is 1.49. The lowest BCUT2D eigenvalue weighted by Crippen LogP contribution is -2.35. The first kappa shape index (κ1) is 25.4. The second kappa shape index (κ2) is 10.3. The van der Waals surface area contributed by atoms with Crippen molar-refractivity contribution < 1.29 is 22.1 Å². The Morgan fingerprint density at radius 3 is 2.47 bits per heavy atom. The van der Waals surface area contributed by atoms with Gasteiger partial charge in [-0.25, -0.2) is 0 Å². The van der Waals surface area contributed by atoms with E-state index in [1.165, 1.54) is 41.0 Å². The number of carbonyl (C=O) groups excluding carboxylic acids is 1. The maximum Gasteiger partial charge on any atom is 0.339 e. The zero-order chi connectivity index (χ0) is 26.9. The molecule has 0 aromatic heterocycles. The minimum absolute atomic E-state index is 0.00601. The number of hydrogen-bond acceptors (Lipinski definition) is 8. The van der Waals surface area contributed by atoms with E-state index in [1.54, 1.807) is 37.3 Å². The summed E-state index contributed by atoms with van der Waals surface area (Å²) >= 11 is 1.23. The highest BCUT2D eigenvalue weighted by atomic mass is 32.2. The summed E-state index contributed by atoms with van der Waals surface area (Å²) in [5.41, 5.74) is 2.52. The molecule has 0 saturated heterocycles. The van der Waals surface area contributed by atoms with Gasteiger partial charge < -0.3 is 8.92 Å². The number of benzene rings is 3. The van der Waals surface area contributed by atoms with E-state index in [1.807, 2.05) is 31.2 Å². The molecule has 0 saturated carbocycles. The third-order valence-corrected chi connectivity index (χ3v) is 7.77. The second-order valence-electron chi connectivity index (χ2n) is 8.28. The fourth-order valence-electron chi connectivity index (χ4n) is 3.68. The normalized spacial score (nSPS) is 16.3. The highest BCUT2D eigenvalue weighted by Crippen LogP contribution is 2.34. The van der Waals surface area contributed by atoms with Crippen LogP contribution in [0.15, 0.2) is 93.4 Å². The molecule has 1 N–H and O–H groups in total. The predicted octanol–water partition coefficient (Wildman–Crippen LogP) is 4.83. The van der Waals surface area contributed by atoms with Crippen LogP contribution in [0, 0.1) is 12.3 Å². The van der Waals surface area contributed by atoms with Crippen molar-refractivity contribution in [2.45, 2.75) is 18.7 Å². The van der Waals surface area contributed by atoms with Crippen LogP contribution < -0.4 is 8.92 Å². The molecule has 0 bridgehead atoms. The maximum atomic E-state index is 12.8. The fourth-order valence-corrected chi connectivity index (χ4v) is 5.53. The van der Waals surface area contributed by atoms with E-state index in [0.717, 1.165) is 11.1 Å². The Kier molecular flexibility index (Phi) is 6.87. The molecule has 2 aliphatic rings. The van der Waals surface area contributed by atoms with E-state index < -0.39 is 16.0 Å². The summed E-state index contributed by atoms with van der Waals surface area (Å²) in [7, 11) is -4.08. The van der Waals surface area contributed by atoms with Gasteiger partial charge in [-0.1, -0.05) is 54.1 Å². The number of hydrazone groups is 1. The molecule has 2 aliphatic heterocycles. The van der Waals surface area contributed by atoms with Crippen LogP contribution >= 0.6 is 11.8 Å². The van der Waals surface area contributed by atoms with E-state index >= 15 is 0 Å². The largest absolute Gasteiger partial charge is 0.490 e. The van der Waals surface area contributed by atoms with Crippen LogP contribution in [0.3, 0.4) is 0 Å². The Labute approximate surface area is 224 Å². The molecule has 1 amide bonds. The molecule has 11 heteroatoms. The molecule has 0 unspecified atom stereocenters. The highest BCUT2D eigenvalue weighted by Gasteiger charge is 2.36. The Bertz CT molecular complexity index is 1630. The van der Waals surface area contributed by atoms with Crippen molar-refractivity contribution in [3.05, 3.63) is 95.1 Å². The summed E-state index contributed by atoms with van der Waals surface area (Å²) in [5, 5.41) is 15.4. The molecular weight excluding hydrogens is 524 g/mol. The summed E-state index contributed by atoms with van der Waals surface area (Å²) in [6.45, 7) is 4.00. The Morgan fingerprint density at radius 1 is 1.03 bits per heavy atom. The first-order chi connectivity index (χ1) is 18.2. The molecule has 0 radical (unpaired) electrons. The molecule has 3 aromatic carbocycles. The van der Waals surface area contributed by atoms with E-state index in [-0.39, 0.29) is 34.4 Å². The number of carbonyl (C=O) groups is 1. The first-order valence-corrected chi connectivity index (χ1v) is 13.8. The van der Waals surface area contributed by atoms with E-state index in [9.17, 15) is 13.2 Å². The highest BCUT2D eigenvalue weighted by molar-refractivity contribution is 8.27. The summed E-state index contributed by atoms with van der Waals surface area (Å²) in [4.78, 5) is 17.0. The van der Waals surface area contributed by atoms with Gasteiger partial charge in [0.2, 0.25) is 5.17 Å². The van der Waals surface area contributed by atoms with Gasteiger partial charge in [0.05, 0.1) is 12.2 Å². The monoisotopic (exact) mass is 546 g/mol. The maximum absolute atomic E-state index is 12.8. The lowest BCUT2D eigenvalue weighted by molar-refractivity contribution is -0.114. The number of nitrogens with zero attached hydrogens (tertiary/aromatic N) is 3. The van der Waals surface area contributed by atoms with Crippen molar-refractivity contribution in [1.82, 2.24) is 5.01 Å². The van der Waals surface area contributed by atoms with Gasteiger partial charge >= 0.3 is 10.1 Å². The molecule has 9 nitrogen and oxygen atoms in total. The molecule has 38 heavy (non-hydrogen) atoms. The van der Waals surface area contributed by atoms with Crippen molar-refractivity contribution in [1.29, 1.82) is 5.41 Å². The van der Waals surface area contributed by atoms with Crippen molar-refractivity contribution in [2.75, 3.05) is 6.61 Å². The van der Waals surface area contributed by atoms with Crippen molar-refractivity contribution in [3.8, 4) is 11.5 Å². The van der Waals surface area contributed by atoms with E-state index in [2.05, 4.69) is 10.1 Å². The lowest BCUT2D eigenvalue weighted by Gasteiger charge is -2.20. The number of ether oxygens (including phenoxy) is 1. The molecule has 2 heterocycles. The third kappa shape index (κ3) is 5.11. The average Bonchev–Trinajstić information content (AvgIpc) is 3.33.